The smallest absolute Gasteiger partial charge is 0.143 e. The van der Waals surface area contributed by atoms with Crippen molar-refractivity contribution >= 4 is 5.69 Å². The van der Waals surface area contributed by atoms with Crippen LogP contribution >= 0.6 is 0 Å². The van der Waals surface area contributed by atoms with Crippen LogP contribution in [0.1, 0.15) is 29.2 Å². The Bertz CT molecular complexity index is 706. The molecule has 3 rings (SSSR count). The molecule has 4 heteroatoms. The van der Waals surface area contributed by atoms with Crippen molar-refractivity contribution in [2.45, 2.75) is 18.9 Å². The molecular formula is C16H13FN2O. The summed E-state index contributed by atoms with van der Waals surface area (Å²) in [6.45, 7) is 0. The predicted molar refractivity (Wildman–Crippen MR) is 73.9 cm³/mol. The Morgan fingerprint density at radius 3 is 2.95 bits per heavy atom. The van der Waals surface area contributed by atoms with Gasteiger partial charge in [0.1, 0.15) is 23.2 Å². The maximum Gasteiger partial charge on any atom is 0.143 e. The highest BCUT2D eigenvalue weighted by Gasteiger charge is 2.23. The van der Waals surface area contributed by atoms with Crippen molar-refractivity contribution in [1.29, 1.82) is 5.26 Å². The molecule has 3 nitrogen and oxygen atoms in total. The number of hydrogen-bond acceptors (Lipinski definition) is 3. The van der Waals surface area contributed by atoms with Gasteiger partial charge in [-0.15, -0.1) is 0 Å². The summed E-state index contributed by atoms with van der Waals surface area (Å²) in [5.41, 5.74) is 2.74. The molecule has 1 aliphatic carbocycles. The van der Waals surface area contributed by atoms with Gasteiger partial charge in [-0.3, -0.25) is 0 Å². The Labute approximate surface area is 116 Å². The van der Waals surface area contributed by atoms with Crippen molar-refractivity contribution in [3.63, 3.8) is 0 Å². The average molecular weight is 268 g/mol. The summed E-state index contributed by atoms with van der Waals surface area (Å²) in [7, 11) is 0. The minimum absolute atomic E-state index is 0.0412. The van der Waals surface area contributed by atoms with E-state index in [0.29, 0.717) is 5.69 Å². The lowest BCUT2D eigenvalue weighted by Crippen LogP contribution is -2.08. The second-order valence-corrected chi connectivity index (χ2v) is 4.89. The Hall–Kier alpha value is -2.54. The molecule has 2 aromatic carbocycles. The fourth-order valence-electron chi connectivity index (χ4n) is 2.70. The van der Waals surface area contributed by atoms with Crippen LogP contribution in [-0.2, 0) is 6.42 Å². The Kier molecular flexibility index (Phi) is 3.03. The van der Waals surface area contributed by atoms with Crippen molar-refractivity contribution in [1.82, 2.24) is 0 Å². The molecule has 0 fully saturated rings. The van der Waals surface area contributed by atoms with Crippen LogP contribution in [0.5, 0.6) is 5.75 Å². The zero-order valence-electron chi connectivity index (χ0n) is 10.7. The lowest BCUT2D eigenvalue weighted by atomic mass is 10.1. The van der Waals surface area contributed by atoms with Gasteiger partial charge in [0.15, 0.2) is 0 Å². The molecule has 0 spiro atoms. The summed E-state index contributed by atoms with van der Waals surface area (Å²) in [6.07, 6.45) is 1.72. The highest BCUT2D eigenvalue weighted by molar-refractivity contribution is 5.59. The van der Waals surface area contributed by atoms with Crippen LogP contribution in [0.2, 0.25) is 0 Å². The van der Waals surface area contributed by atoms with E-state index in [4.69, 9.17) is 5.26 Å². The van der Waals surface area contributed by atoms with Crippen LogP contribution < -0.4 is 5.32 Å². The second-order valence-electron chi connectivity index (χ2n) is 4.89. The number of aryl methyl sites for hydroxylation is 1. The Balaban J connectivity index is 1.92. The van der Waals surface area contributed by atoms with Gasteiger partial charge in [0.05, 0.1) is 11.7 Å². The van der Waals surface area contributed by atoms with E-state index in [0.717, 1.165) is 24.0 Å². The van der Waals surface area contributed by atoms with Crippen LogP contribution in [0.3, 0.4) is 0 Å². The van der Waals surface area contributed by atoms with Crippen LogP contribution in [0.15, 0.2) is 36.4 Å². The molecule has 1 unspecified atom stereocenters. The number of halogens is 1. The van der Waals surface area contributed by atoms with Crippen LogP contribution in [0.4, 0.5) is 10.1 Å². The lowest BCUT2D eigenvalue weighted by Gasteiger charge is -2.16. The van der Waals surface area contributed by atoms with Gasteiger partial charge in [-0.05, 0) is 48.2 Å². The van der Waals surface area contributed by atoms with Gasteiger partial charge in [-0.1, -0.05) is 12.1 Å². The van der Waals surface area contributed by atoms with Crippen molar-refractivity contribution in [3.05, 3.63) is 58.9 Å². The summed E-state index contributed by atoms with van der Waals surface area (Å²) in [4.78, 5) is 0. The molecule has 0 aromatic heterocycles. The molecule has 0 bridgehead atoms. The molecule has 0 radical (unpaired) electrons. The topological polar surface area (TPSA) is 56.0 Å². The summed E-state index contributed by atoms with van der Waals surface area (Å²) in [6, 6.07) is 11.8. The molecular weight excluding hydrogens is 255 g/mol. The van der Waals surface area contributed by atoms with Crippen molar-refractivity contribution in [2.24, 2.45) is 0 Å². The molecule has 0 amide bonds. The molecule has 1 aliphatic rings. The van der Waals surface area contributed by atoms with E-state index in [1.165, 1.54) is 6.07 Å². The summed E-state index contributed by atoms with van der Waals surface area (Å²) >= 11 is 0. The number of phenols is 1. The maximum absolute atomic E-state index is 13.6. The highest BCUT2D eigenvalue weighted by Crippen LogP contribution is 2.36. The summed E-state index contributed by atoms with van der Waals surface area (Å²) < 4.78 is 13.6. The zero-order chi connectivity index (χ0) is 14.1. The third kappa shape index (κ3) is 2.08. The van der Waals surface area contributed by atoms with Gasteiger partial charge >= 0.3 is 0 Å². The molecule has 2 aromatic rings. The average Bonchev–Trinajstić information content (AvgIpc) is 2.81. The summed E-state index contributed by atoms with van der Waals surface area (Å²) in [5, 5.41) is 21.8. The number of fused-ring (bicyclic) bond motifs is 1. The molecule has 2 N–H and O–H groups in total. The normalized spacial score (nSPS) is 16.5. The van der Waals surface area contributed by atoms with Crippen molar-refractivity contribution in [2.75, 3.05) is 5.32 Å². The molecule has 1 atom stereocenters. The first kappa shape index (κ1) is 12.5. The largest absolute Gasteiger partial charge is 0.508 e. The van der Waals surface area contributed by atoms with Gasteiger partial charge in [-0.25, -0.2) is 4.39 Å². The molecule has 20 heavy (non-hydrogen) atoms. The standard InChI is InChI=1S/C16H13FN2O/c17-14-2-1-3-15(13(14)9-18)19-16-7-4-10-8-11(20)5-6-12(10)16/h1-3,5-6,8,16,19-20H,4,7H2. The summed E-state index contributed by atoms with van der Waals surface area (Å²) in [5.74, 6) is -0.255. The number of benzene rings is 2. The van der Waals surface area contributed by atoms with E-state index < -0.39 is 5.82 Å². The molecule has 0 heterocycles. The van der Waals surface area contributed by atoms with E-state index in [-0.39, 0.29) is 17.4 Å². The van der Waals surface area contributed by atoms with Gasteiger partial charge in [0.2, 0.25) is 0 Å². The van der Waals surface area contributed by atoms with E-state index in [2.05, 4.69) is 5.32 Å². The van der Waals surface area contributed by atoms with E-state index in [1.54, 1.807) is 24.3 Å². The van der Waals surface area contributed by atoms with Crippen molar-refractivity contribution < 1.29 is 9.50 Å². The molecule has 0 saturated heterocycles. The van der Waals surface area contributed by atoms with Crippen LogP contribution in [0.25, 0.3) is 0 Å². The van der Waals surface area contributed by atoms with E-state index in [1.807, 2.05) is 12.1 Å². The molecule has 0 aliphatic heterocycles. The van der Waals surface area contributed by atoms with E-state index in [9.17, 15) is 9.50 Å². The lowest BCUT2D eigenvalue weighted by molar-refractivity contribution is 0.474. The van der Waals surface area contributed by atoms with Gasteiger partial charge < -0.3 is 10.4 Å². The van der Waals surface area contributed by atoms with Gasteiger partial charge in [0.25, 0.3) is 0 Å². The monoisotopic (exact) mass is 268 g/mol. The number of nitrogens with one attached hydrogen (secondary N) is 1. The minimum Gasteiger partial charge on any atom is -0.508 e. The number of anilines is 1. The first-order valence-electron chi connectivity index (χ1n) is 6.46. The molecule has 100 valence electrons. The quantitative estimate of drug-likeness (QED) is 0.876. The fraction of sp³-hybridized carbons (Fsp3) is 0.188. The van der Waals surface area contributed by atoms with Gasteiger partial charge in [0, 0.05) is 0 Å². The number of nitrogens with zero attached hydrogens (tertiary/aromatic N) is 1. The van der Waals surface area contributed by atoms with Gasteiger partial charge in [-0.2, -0.15) is 5.26 Å². The SMILES string of the molecule is N#Cc1c(F)cccc1NC1CCc2cc(O)ccc21. The first-order chi connectivity index (χ1) is 9.69. The third-order valence-corrected chi connectivity index (χ3v) is 3.66. The van der Waals surface area contributed by atoms with Crippen LogP contribution in [-0.4, -0.2) is 5.11 Å². The fourth-order valence-corrected chi connectivity index (χ4v) is 2.70. The molecule has 0 saturated carbocycles. The van der Waals surface area contributed by atoms with E-state index >= 15 is 0 Å². The maximum atomic E-state index is 13.6. The number of phenolic OH excluding ortho intramolecular Hbond substituents is 1. The number of aromatic hydroxyl groups is 1. The highest BCUT2D eigenvalue weighted by atomic mass is 19.1. The second kappa shape index (κ2) is 4.86. The van der Waals surface area contributed by atoms with Crippen molar-refractivity contribution in [3.8, 4) is 11.8 Å². The minimum atomic E-state index is -0.513. The number of hydrogen-bond donors (Lipinski definition) is 2. The third-order valence-electron chi connectivity index (χ3n) is 3.66. The Morgan fingerprint density at radius 1 is 1.30 bits per heavy atom. The number of nitriles is 1. The zero-order valence-corrected chi connectivity index (χ0v) is 10.7. The predicted octanol–water partition coefficient (Wildman–Crippen LogP) is 3.50. The Morgan fingerprint density at radius 2 is 2.15 bits per heavy atom. The first-order valence-corrected chi connectivity index (χ1v) is 6.46. The van der Waals surface area contributed by atoms with Crippen LogP contribution in [0, 0.1) is 17.1 Å². The number of rotatable bonds is 2.